The average Bonchev–Trinajstić information content (AvgIpc) is 2.85. The van der Waals surface area contributed by atoms with Gasteiger partial charge in [0.15, 0.2) is 0 Å². The molecule has 1 atom stereocenters. The molecule has 2 aromatic carbocycles. The molecule has 0 saturated heterocycles. The predicted octanol–water partition coefficient (Wildman–Crippen LogP) is 6.30. The number of carbonyl (C=O) groups excluding carboxylic acids is 3. The first-order valence-electron chi connectivity index (χ1n) is 12.2. The summed E-state index contributed by atoms with van der Waals surface area (Å²) < 4.78 is 43.6. The van der Waals surface area contributed by atoms with E-state index in [1.54, 1.807) is 31.2 Å². The van der Waals surface area contributed by atoms with Crippen LogP contribution in [0.15, 0.2) is 59.8 Å². The van der Waals surface area contributed by atoms with Gasteiger partial charge < -0.3 is 20.7 Å². The van der Waals surface area contributed by atoms with Crippen molar-refractivity contribution in [2.45, 2.75) is 46.3 Å². The van der Waals surface area contributed by atoms with E-state index >= 15 is 0 Å². The number of benzene rings is 2. The number of esters is 1. The lowest BCUT2D eigenvalue weighted by atomic mass is 9.94. The van der Waals surface area contributed by atoms with Crippen LogP contribution in [-0.4, -0.2) is 36.1 Å². The average molecular weight is 533 g/mol. The molecule has 0 aromatic heterocycles. The van der Waals surface area contributed by atoms with Crippen LogP contribution >= 0.6 is 0 Å². The van der Waals surface area contributed by atoms with E-state index in [0.29, 0.717) is 35.5 Å². The number of carbonyl (C=O) groups is 3. The van der Waals surface area contributed by atoms with Crippen LogP contribution in [0.3, 0.4) is 0 Å². The van der Waals surface area contributed by atoms with Gasteiger partial charge in [0.2, 0.25) is 0 Å². The lowest BCUT2D eigenvalue weighted by Crippen LogP contribution is -2.48. The predicted molar refractivity (Wildman–Crippen MR) is 137 cm³/mol. The van der Waals surface area contributed by atoms with Crippen LogP contribution in [0.5, 0.6) is 0 Å². The summed E-state index contributed by atoms with van der Waals surface area (Å²) in [6.07, 6.45) is -3.76. The number of amides is 4. The van der Waals surface area contributed by atoms with E-state index in [4.69, 9.17) is 4.74 Å². The van der Waals surface area contributed by atoms with Crippen molar-refractivity contribution in [2.24, 2.45) is 5.92 Å². The first kappa shape index (κ1) is 28.5. The van der Waals surface area contributed by atoms with Gasteiger partial charge in [0.05, 0.1) is 23.8 Å². The van der Waals surface area contributed by atoms with E-state index in [-0.39, 0.29) is 24.2 Å². The minimum Gasteiger partial charge on any atom is -0.462 e. The fourth-order valence-electron chi connectivity index (χ4n) is 3.90. The van der Waals surface area contributed by atoms with Crippen molar-refractivity contribution in [3.05, 3.63) is 70.9 Å². The molecular weight excluding hydrogens is 501 g/mol. The van der Waals surface area contributed by atoms with E-state index < -0.39 is 29.8 Å². The Balaban J connectivity index is 1.75. The fourth-order valence-corrected chi connectivity index (χ4v) is 3.90. The number of urea groups is 2. The molecule has 3 N–H and O–H groups in total. The third-order valence-electron chi connectivity index (χ3n) is 5.78. The van der Waals surface area contributed by atoms with Gasteiger partial charge >= 0.3 is 24.2 Å². The molecule has 4 amide bonds. The Kier molecular flexibility index (Phi) is 9.03. The van der Waals surface area contributed by atoms with Gasteiger partial charge in [0.1, 0.15) is 0 Å². The molecule has 1 aliphatic rings. The summed E-state index contributed by atoms with van der Waals surface area (Å²) >= 11 is 0. The fraction of sp³-hybridized carbons (Fsp3) is 0.370. The lowest BCUT2D eigenvalue weighted by Gasteiger charge is -2.35. The van der Waals surface area contributed by atoms with E-state index in [1.807, 2.05) is 20.8 Å². The molecule has 0 saturated carbocycles. The number of rotatable bonds is 8. The summed E-state index contributed by atoms with van der Waals surface area (Å²) in [5.41, 5.74) is 1.24. The van der Waals surface area contributed by atoms with Crippen LogP contribution in [0.4, 0.5) is 34.1 Å². The van der Waals surface area contributed by atoms with Crippen molar-refractivity contribution in [1.82, 2.24) is 10.2 Å². The number of ether oxygens (including phenoxy) is 1. The molecule has 1 unspecified atom stereocenters. The van der Waals surface area contributed by atoms with Gasteiger partial charge in [-0.05, 0) is 61.2 Å². The summed E-state index contributed by atoms with van der Waals surface area (Å²) in [6.45, 7) is 8.19. The number of allylic oxidation sites excluding steroid dienone is 1. The highest BCUT2D eigenvalue weighted by Crippen LogP contribution is 2.32. The zero-order valence-electron chi connectivity index (χ0n) is 21.6. The number of alkyl halides is 3. The smallest absolute Gasteiger partial charge is 0.416 e. The summed E-state index contributed by atoms with van der Waals surface area (Å²) in [7, 11) is 0. The molecule has 1 aliphatic heterocycles. The van der Waals surface area contributed by atoms with Gasteiger partial charge in [-0.1, -0.05) is 32.9 Å². The molecule has 1 heterocycles. The van der Waals surface area contributed by atoms with Crippen LogP contribution in [0.25, 0.3) is 0 Å². The van der Waals surface area contributed by atoms with Crippen molar-refractivity contribution in [3.8, 4) is 0 Å². The maximum atomic E-state index is 13.0. The molecule has 0 bridgehead atoms. The Hall–Kier alpha value is -4.02. The van der Waals surface area contributed by atoms with E-state index in [9.17, 15) is 27.6 Å². The molecular formula is C27H31F3N4O4. The first-order valence-corrected chi connectivity index (χ1v) is 12.2. The van der Waals surface area contributed by atoms with E-state index in [1.165, 1.54) is 4.90 Å². The second-order valence-corrected chi connectivity index (χ2v) is 9.30. The van der Waals surface area contributed by atoms with Gasteiger partial charge in [0, 0.05) is 23.6 Å². The number of nitrogens with zero attached hydrogens (tertiary/aromatic N) is 1. The molecule has 0 radical (unpaired) electrons. The second-order valence-electron chi connectivity index (χ2n) is 9.30. The Morgan fingerprint density at radius 3 is 2.08 bits per heavy atom. The lowest BCUT2D eigenvalue weighted by molar-refractivity contribution is -0.141. The minimum absolute atomic E-state index is 0.141. The highest BCUT2D eigenvalue weighted by atomic mass is 19.4. The van der Waals surface area contributed by atoms with Gasteiger partial charge in [-0.15, -0.1) is 0 Å². The van der Waals surface area contributed by atoms with Crippen LogP contribution in [0.2, 0.25) is 0 Å². The normalized spacial score (nSPS) is 15.8. The second kappa shape index (κ2) is 12.0. The Morgan fingerprint density at radius 2 is 1.58 bits per heavy atom. The van der Waals surface area contributed by atoms with E-state index in [0.717, 1.165) is 24.3 Å². The van der Waals surface area contributed by atoms with Crippen molar-refractivity contribution < 1.29 is 32.3 Å². The largest absolute Gasteiger partial charge is 0.462 e. The molecule has 3 rings (SSSR count). The quantitative estimate of drug-likeness (QED) is 0.348. The zero-order valence-corrected chi connectivity index (χ0v) is 21.6. The maximum Gasteiger partial charge on any atom is 0.416 e. The molecule has 38 heavy (non-hydrogen) atoms. The molecule has 11 heteroatoms. The van der Waals surface area contributed by atoms with Crippen molar-refractivity contribution in [2.75, 3.05) is 23.8 Å². The highest BCUT2D eigenvalue weighted by Gasteiger charge is 2.36. The van der Waals surface area contributed by atoms with Gasteiger partial charge in [-0.3, -0.25) is 4.90 Å². The Bertz CT molecular complexity index is 1190. The van der Waals surface area contributed by atoms with Gasteiger partial charge in [0.25, 0.3) is 0 Å². The molecule has 204 valence electrons. The van der Waals surface area contributed by atoms with Gasteiger partial charge in [-0.2, -0.15) is 13.2 Å². The number of hydrogen-bond donors (Lipinski definition) is 3. The standard InChI is InChI=1S/C27H31F3N4O4/c1-5-14-34-17(4)22(24(35)38-15-16(2)3)23(33-26(34)37)18-6-10-20(11-7-18)31-25(36)32-21-12-8-19(9-13-21)27(28,29)30/h6-13,16,23H,5,14-15H2,1-4H3,(H,33,37)(H2,31,32,36). The number of halogens is 3. The molecule has 8 nitrogen and oxygen atoms in total. The number of anilines is 2. The maximum absolute atomic E-state index is 13.0. The summed E-state index contributed by atoms with van der Waals surface area (Å²) in [5, 5.41) is 7.95. The van der Waals surface area contributed by atoms with Crippen molar-refractivity contribution in [3.63, 3.8) is 0 Å². The molecule has 0 fully saturated rings. The van der Waals surface area contributed by atoms with Crippen molar-refractivity contribution in [1.29, 1.82) is 0 Å². The van der Waals surface area contributed by atoms with Crippen LogP contribution in [0.1, 0.15) is 51.3 Å². The molecule has 2 aromatic rings. The summed E-state index contributed by atoms with van der Waals surface area (Å²) in [6, 6.07) is 8.88. The van der Waals surface area contributed by atoms with E-state index in [2.05, 4.69) is 16.0 Å². The topological polar surface area (TPSA) is 99.8 Å². The number of nitrogens with one attached hydrogen (secondary N) is 3. The van der Waals surface area contributed by atoms with Crippen LogP contribution in [0, 0.1) is 5.92 Å². The summed E-state index contributed by atoms with van der Waals surface area (Å²) in [4.78, 5) is 39.6. The minimum atomic E-state index is -4.46. The third-order valence-corrected chi connectivity index (χ3v) is 5.78. The highest BCUT2D eigenvalue weighted by molar-refractivity contribution is 6.00. The molecule has 0 spiro atoms. The zero-order chi connectivity index (χ0) is 28.0. The number of hydrogen-bond acceptors (Lipinski definition) is 4. The Morgan fingerprint density at radius 1 is 1.03 bits per heavy atom. The third kappa shape index (κ3) is 7.05. The van der Waals surface area contributed by atoms with Crippen molar-refractivity contribution >= 4 is 29.4 Å². The SMILES string of the molecule is CCCN1C(=O)NC(c2ccc(NC(=O)Nc3ccc(C(F)(F)F)cc3)cc2)C(C(=O)OCC(C)C)=C1C. The Labute approximate surface area is 219 Å². The van der Waals surface area contributed by atoms with Crippen LogP contribution in [-0.2, 0) is 15.7 Å². The van der Waals surface area contributed by atoms with Gasteiger partial charge in [-0.25, -0.2) is 14.4 Å². The van der Waals surface area contributed by atoms with Crippen LogP contribution < -0.4 is 16.0 Å². The first-order chi connectivity index (χ1) is 17.9. The molecule has 0 aliphatic carbocycles. The monoisotopic (exact) mass is 532 g/mol. The summed E-state index contributed by atoms with van der Waals surface area (Å²) in [5.74, 6) is -0.372.